The lowest BCUT2D eigenvalue weighted by Crippen LogP contribution is -2.55. The summed E-state index contributed by atoms with van der Waals surface area (Å²) in [6.07, 6.45) is 6.19. The van der Waals surface area contributed by atoms with Crippen molar-refractivity contribution in [2.45, 2.75) is 94.7 Å². The lowest BCUT2D eigenvalue weighted by atomic mass is 9.49. The number of ether oxygens (including phenoxy) is 2. The molecule has 1 heterocycles. The van der Waals surface area contributed by atoms with Crippen molar-refractivity contribution in [1.29, 1.82) is 0 Å². The van der Waals surface area contributed by atoms with E-state index in [1.807, 2.05) is 19.1 Å². The summed E-state index contributed by atoms with van der Waals surface area (Å²) in [6, 6.07) is 8.26. The van der Waals surface area contributed by atoms with Crippen molar-refractivity contribution in [2.75, 3.05) is 13.2 Å². The molecule has 0 amide bonds. The second-order valence-corrected chi connectivity index (χ2v) is 11.8. The maximum Gasteiger partial charge on any atom is 0.171 e. The van der Waals surface area contributed by atoms with E-state index in [-0.39, 0.29) is 17.9 Å². The van der Waals surface area contributed by atoms with E-state index in [1.165, 1.54) is 16.7 Å². The molecule has 1 aliphatic heterocycles. The van der Waals surface area contributed by atoms with Gasteiger partial charge < -0.3 is 24.8 Å². The fourth-order valence-corrected chi connectivity index (χ4v) is 8.58. The maximum atomic E-state index is 12.1. The smallest absolute Gasteiger partial charge is 0.171 e. The van der Waals surface area contributed by atoms with E-state index in [9.17, 15) is 15.3 Å². The van der Waals surface area contributed by atoms with Crippen LogP contribution in [0.15, 0.2) is 35.4 Å². The second kappa shape index (κ2) is 8.16. The molecule has 35 heavy (non-hydrogen) atoms. The highest BCUT2D eigenvalue weighted by Gasteiger charge is 2.64. The van der Waals surface area contributed by atoms with Gasteiger partial charge in [0.05, 0.1) is 25.4 Å². The molecule has 6 atom stereocenters. The van der Waals surface area contributed by atoms with E-state index >= 15 is 0 Å². The Kier molecular flexibility index (Phi) is 5.53. The third-order valence-corrected chi connectivity index (χ3v) is 10.3. The van der Waals surface area contributed by atoms with Crippen LogP contribution in [0, 0.1) is 29.1 Å². The van der Waals surface area contributed by atoms with Crippen LogP contribution in [-0.2, 0) is 16.1 Å². The van der Waals surface area contributed by atoms with Gasteiger partial charge in [0.15, 0.2) is 5.79 Å². The molecule has 1 saturated heterocycles. The molecule has 188 valence electrons. The van der Waals surface area contributed by atoms with Crippen LogP contribution in [0.25, 0.3) is 0 Å². The summed E-state index contributed by atoms with van der Waals surface area (Å²) < 4.78 is 12.1. The highest BCUT2D eigenvalue weighted by atomic mass is 16.7. The third-order valence-electron chi connectivity index (χ3n) is 10.3. The van der Waals surface area contributed by atoms with Crippen LogP contribution >= 0.6 is 0 Å². The molecule has 3 saturated carbocycles. The number of rotatable bonds is 2. The SMILES string of the molecule is CC#C[C@]1(O)CCC2C3CC[C@@]4(O)CC5(CCC4=C3[C@@H](c3ccc(CO)cc3)C[C@@]21C)OCCO5. The quantitative estimate of drug-likeness (QED) is 0.439. The number of allylic oxidation sites excluding steroid dienone is 1. The minimum atomic E-state index is -0.984. The zero-order chi connectivity index (χ0) is 24.5. The molecule has 5 nitrogen and oxygen atoms in total. The Bertz CT molecular complexity index is 1090. The summed E-state index contributed by atoms with van der Waals surface area (Å²) in [6.45, 7) is 5.29. The summed E-state index contributed by atoms with van der Waals surface area (Å²) >= 11 is 0. The van der Waals surface area contributed by atoms with E-state index in [0.29, 0.717) is 44.3 Å². The predicted molar refractivity (Wildman–Crippen MR) is 132 cm³/mol. The van der Waals surface area contributed by atoms with Crippen LogP contribution in [0.3, 0.4) is 0 Å². The van der Waals surface area contributed by atoms with E-state index in [0.717, 1.165) is 37.7 Å². The van der Waals surface area contributed by atoms with Gasteiger partial charge in [0.1, 0.15) is 5.60 Å². The van der Waals surface area contributed by atoms with Crippen molar-refractivity contribution >= 4 is 0 Å². The fraction of sp³-hybridized carbons (Fsp3) is 0.667. The Labute approximate surface area is 208 Å². The summed E-state index contributed by atoms with van der Waals surface area (Å²) in [5, 5.41) is 33.5. The predicted octanol–water partition coefficient (Wildman–Crippen LogP) is 4.20. The average molecular weight is 479 g/mol. The van der Waals surface area contributed by atoms with Gasteiger partial charge in [0, 0.05) is 24.2 Å². The van der Waals surface area contributed by atoms with Crippen molar-refractivity contribution in [2.24, 2.45) is 17.3 Å². The highest BCUT2D eigenvalue weighted by molar-refractivity contribution is 5.45. The molecule has 0 bridgehead atoms. The number of hydrogen-bond donors (Lipinski definition) is 3. The Hall–Kier alpha value is -1.68. The lowest BCUT2D eigenvalue weighted by molar-refractivity contribution is -0.208. The first kappa shape index (κ1) is 23.7. The molecule has 0 aromatic heterocycles. The molecule has 4 fully saturated rings. The van der Waals surface area contributed by atoms with Gasteiger partial charge in [0.25, 0.3) is 0 Å². The van der Waals surface area contributed by atoms with Crippen molar-refractivity contribution in [1.82, 2.24) is 0 Å². The van der Waals surface area contributed by atoms with Gasteiger partial charge in [0.2, 0.25) is 0 Å². The van der Waals surface area contributed by atoms with Crippen molar-refractivity contribution < 1.29 is 24.8 Å². The van der Waals surface area contributed by atoms with Crippen molar-refractivity contribution in [3.63, 3.8) is 0 Å². The summed E-state index contributed by atoms with van der Waals surface area (Å²) in [5.41, 5.74) is 2.51. The van der Waals surface area contributed by atoms with Crippen molar-refractivity contribution in [3.8, 4) is 11.8 Å². The molecule has 1 aromatic carbocycles. The first-order valence-electron chi connectivity index (χ1n) is 13.4. The molecule has 1 aromatic rings. The van der Waals surface area contributed by atoms with Gasteiger partial charge in [-0.15, -0.1) is 5.92 Å². The minimum Gasteiger partial charge on any atom is -0.392 e. The molecule has 6 rings (SSSR count). The number of aliphatic hydroxyl groups is 3. The normalized spacial score (nSPS) is 41.7. The molecule has 5 heteroatoms. The monoisotopic (exact) mass is 478 g/mol. The largest absolute Gasteiger partial charge is 0.392 e. The van der Waals surface area contributed by atoms with Crippen LogP contribution in [0.5, 0.6) is 0 Å². The Morgan fingerprint density at radius 2 is 1.77 bits per heavy atom. The number of aliphatic hydroxyl groups excluding tert-OH is 1. The summed E-state index contributed by atoms with van der Waals surface area (Å²) in [4.78, 5) is 0. The molecule has 0 radical (unpaired) electrons. The number of benzene rings is 1. The van der Waals surface area contributed by atoms with Gasteiger partial charge >= 0.3 is 0 Å². The number of hydrogen-bond acceptors (Lipinski definition) is 5. The molecule has 1 spiro atoms. The highest BCUT2D eigenvalue weighted by Crippen LogP contribution is 2.67. The van der Waals surface area contributed by atoms with Gasteiger partial charge in [-0.3, -0.25) is 0 Å². The molecular weight excluding hydrogens is 440 g/mol. The third kappa shape index (κ3) is 3.41. The molecule has 3 N–H and O–H groups in total. The zero-order valence-corrected chi connectivity index (χ0v) is 21.0. The van der Waals surface area contributed by atoms with E-state index < -0.39 is 17.0 Å². The Balaban J connectivity index is 1.48. The van der Waals surface area contributed by atoms with E-state index in [4.69, 9.17) is 9.47 Å². The first-order chi connectivity index (χ1) is 16.8. The van der Waals surface area contributed by atoms with Crippen LogP contribution in [-0.4, -0.2) is 45.5 Å². The zero-order valence-electron chi connectivity index (χ0n) is 21.0. The summed E-state index contributed by atoms with van der Waals surface area (Å²) in [7, 11) is 0. The first-order valence-corrected chi connectivity index (χ1v) is 13.4. The second-order valence-electron chi connectivity index (χ2n) is 11.8. The van der Waals surface area contributed by atoms with Crippen molar-refractivity contribution in [3.05, 3.63) is 46.5 Å². The minimum absolute atomic E-state index is 0.0228. The molecule has 2 unspecified atom stereocenters. The fourth-order valence-electron chi connectivity index (χ4n) is 8.58. The van der Waals surface area contributed by atoms with Gasteiger partial charge in [-0.25, -0.2) is 0 Å². The maximum absolute atomic E-state index is 12.1. The average Bonchev–Trinajstić information content (AvgIpc) is 3.40. The number of fused-ring (bicyclic) bond motifs is 4. The van der Waals surface area contributed by atoms with Crippen LogP contribution in [0.4, 0.5) is 0 Å². The molecule has 5 aliphatic rings. The summed E-state index contributed by atoms with van der Waals surface area (Å²) in [5.74, 6) is 6.39. The van der Waals surface area contributed by atoms with Gasteiger partial charge in [-0.05, 0) is 74.0 Å². The van der Waals surface area contributed by atoms with Gasteiger partial charge in [-0.1, -0.05) is 42.7 Å². The molecule has 4 aliphatic carbocycles. The molecular formula is C30H38O5. The van der Waals surface area contributed by atoms with E-state index in [1.54, 1.807) is 0 Å². The lowest BCUT2D eigenvalue weighted by Gasteiger charge is -2.57. The van der Waals surface area contributed by atoms with Crippen LogP contribution in [0.1, 0.15) is 82.3 Å². The van der Waals surface area contributed by atoms with Gasteiger partial charge in [-0.2, -0.15) is 0 Å². The topological polar surface area (TPSA) is 79.2 Å². The Morgan fingerprint density at radius 3 is 2.46 bits per heavy atom. The van der Waals surface area contributed by atoms with Crippen LogP contribution < -0.4 is 0 Å². The Morgan fingerprint density at radius 1 is 1.03 bits per heavy atom. The van der Waals surface area contributed by atoms with E-state index in [2.05, 4.69) is 30.9 Å². The van der Waals surface area contributed by atoms with Crippen LogP contribution in [0.2, 0.25) is 0 Å². The standard InChI is InChI=1S/C30H38O5/c1-3-11-29(33)13-9-24-22-8-12-28(32)19-30(34-15-16-35-30)14-10-25(28)26(22)23(17-27(24,29)2)21-6-4-20(18-31)5-7-21/h4-7,22-24,31-33H,8-10,12-19H2,1-2H3/t22?,23-,24?,27+,28-,29+/m1/s1.